The summed E-state index contributed by atoms with van der Waals surface area (Å²) in [7, 11) is 1.67. The molecular weight excluding hydrogens is 414 g/mol. The molecule has 2 heterocycles. The van der Waals surface area contributed by atoms with E-state index in [0.717, 1.165) is 33.6 Å². The van der Waals surface area contributed by atoms with E-state index in [4.69, 9.17) is 25.5 Å². The van der Waals surface area contributed by atoms with Crippen molar-refractivity contribution in [3.05, 3.63) is 93.3 Å². The van der Waals surface area contributed by atoms with Crippen LogP contribution < -0.4 is 15.1 Å². The molecule has 1 aliphatic rings. The van der Waals surface area contributed by atoms with Crippen LogP contribution in [0.3, 0.4) is 0 Å². The molecule has 0 radical (unpaired) electrons. The Morgan fingerprint density at radius 2 is 1.87 bits per heavy atom. The van der Waals surface area contributed by atoms with Crippen LogP contribution in [0.5, 0.6) is 11.5 Å². The second-order valence-corrected chi connectivity index (χ2v) is 7.92. The van der Waals surface area contributed by atoms with Crippen molar-refractivity contribution in [3.8, 4) is 22.6 Å². The summed E-state index contributed by atoms with van der Waals surface area (Å²) in [6, 6.07) is 20.8. The van der Waals surface area contributed by atoms with E-state index in [0.29, 0.717) is 36.0 Å². The van der Waals surface area contributed by atoms with Crippen molar-refractivity contribution in [2.24, 2.45) is 0 Å². The number of ether oxygens (including phenoxy) is 2. The van der Waals surface area contributed by atoms with Gasteiger partial charge in [-0.3, -0.25) is 4.90 Å². The Labute approximate surface area is 184 Å². The zero-order chi connectivity index (χ0) is 21.4. The maximum Gasteiger partial charge on any atom is 0.344 e. The molecule has 5 rings (SSSR count). The molecule has 0 saturated heterocycles. The van der Waals surface area contributed by atoms with E-state index < -0.39 is 0 Å². The number of hydrogen-bond donors (Lipinski definition) is 0. The average Bonchev–Trinajstić information content (AvgIpc) is 2.80. The molecule has 156 valence electrons. The van der Waals surface area contributed by atoms with Gasteiger partial charge < -0.3 is 13.9 Å². The molecule has 1 aliphatic heterocycles. The Morgan fingerprint density at radius 1 is 1.06 bits per heavy atom. The Hall–Kier alpha value is -3.28. The molecule has 0 atom stereocenters. The van der Waals surface area contributed by atoms with Crippen LogP contribution >= 0.6 is 11.6 Å². The van der Waals surface area contributed by atoms with E-state index in [1.165, 1.54) is 0 Å². The molecular formula is C25H20ClNO4. The lowest BCUT2D eigenvalue weighted by molar-refractivity contribution is 0.0882. The minimum atomic E-state index is -0.384. The van der Waals surface area contributed by atoms with Crippen LogP contribution in [0.1, 0.15) is 11.1 Å². The van der Waals surface area contributed by atoms with Crippen LogP contribution in [0, 0.1) is 0 Å². The topological polar surface area (TPSA) is 51.9 Å². The molecule has 0 bridgehead atoms. The normalized spacial score (nSPS) is 13.6. The lowest BCUT2D eigenvalue weighted by Crippen LogP contribution is -2.31. The van der Waals surface area contributed by atoms with Crippen LogP contribution in [-0.2, 0) is 13.1 Å². The fraction of sp³-hybridized carbons (Fsp3) is 0.160. The Morgan fingerprint density at radius 3 is 2.68 bits per heavy atom. The van der Waals surface area contributed by atoms with Gasteiger partial charge in [-0.2, -0.15) is 0 Å². The molecule has 6 heteroatoms. The minimum absolute atomic E-state index is 0.384. The highest BCUT2D eigenvalue weighted by atomic mass is 35.5. The van der Waals surface area contributed by atoms with E-state index >= 15 is 0 Å². The zero-order valence-electron chi connectivity index (χ0n) is 16.9. The second kappa shape index (κ2) is 8.10. The van der Waals surface area contributed by atoms with Gasteiger partial charge in [-0.1, -0.05) is 41.9 Å². The van der Waals surface area contributed by atoms with Gasteiger partial charge in [0.25, 0.3) is 0 Å². The smallest absolute Gasteiger partial charge is 0.344 e. The fourth-order valence-electron chi connectivity index (χ4n) is 3.95. The highest BCUT2D eigenvalue weighted by Crippen LogP contribution is 2.34. The first-order valence-corrected chi connectivity index (χ1v) is 10.3. The van der Waals surface area contributed by atoms with Gasteiger partial charge in [0.15, 0.2) is 0 Å². The number of benzene rings is 3. The average molecular weight is 434 g/mol. The lowest BCUT2D eigenvalue weighted by atomic mass is 10.0. The number of para-hydroxylation sites is 1. The predicted octanol–water partition coefficient (Wildman–Crippen LogP) is 5.47. The van der Waals surface area contributed by atoms with Gasteiger partial charge in [-0.05, 0) is 42.0 Å². The summed E-state index contributed by atoms with van der Waals surface area (Å²) < 4.78 is 17.2. The molecule has 3 aromatic carbocycles. The second-order valence-electron chi connectivity index (χ2n) is 7.49. The van der Waals surface area contributed by atoms with Crippen molar-refractivity contribution in [2.75, 3.05) is 13.8 Å². The summed E-state index contributed by atoms with van der Waals surface area (Å²) in [6.45, 7) is 1.71. The van der Waals surface area contributed by atoms with Crippen molar-refractivity contribution in [1.29, 1.82) is 0 Å². The fourth-order valence-corrected chi connectivity index (χ4v) is 4.07. The summed E-state index contributed by atoms with van der Waals surface area (Å²) >= 11 is 5.98. The van der Waals surface area contributed by atoms with Gasteiger partial charge in [0.2, 0.25) is 0 Å². The molecule has 0 spiro atoms. The first-order valence-electron chi connectivity index (χ1n) is 9.95. The van der Waals surface area contributed by atoms with Crippen LogP contribution in [0.2, 0.25) is 5.02 Å². The zero-order valence-corrected chi connectivity index (χ0v) is 17.7. The molecule has 0 N–H and O–H groups in total. The third kappa shape index (κ3) is 3.78. The van der Waals surface area contributed by atoms with Crippen molar-refractivity contribution in [3.63, 3.8) is 0 Å². The first kappa shape index (κ1) is 19.7. The molecule has 0 aliphatic carbocycles. The molecule has 0 unspecified atom stereocenters. The number of nitrogens with zero attached hydrogens (tertiary/aromatic N) is 1. The molecule has 0 fully saturated rings. The van der Waals surface area contributed by atoms with Crippen LogP contribution in [0.4, 0.5) is 0 Å². The van der Waals surface area contributed by atoms with Crippen molar-refractivity contribution in [1.82, 2.24) is 4.90 Å². The molecule has 31 heavy (non-hydrogen) atoms. The molecule has 0 amide bonds. The summed E-state index contributed by atoms with van der Waals surface area (Å²) in [5.74, 6) is 1.58. The number of rotatable bonds is 4. The third-order valence-corrected chi connectivity index (χ3v) is 5.74. The van der Waals surface area contributed by atoms with Crippen molar-refractivity contribution < 1.29 is 13.9 Å². The van der Waals surface area contributed by atoms with E-state index in [2.05, 4.69) is 4.90 Å². The number of methoxy groups -OCH3 is 1. The molecule has 5 nitrogen and oxygen atoms in total. The lowest BCUT2D eigenvalue weighted by Gasteiger charge is -2.29. The number of fused-ring (bicyclic) bond motifs is 3. The van der Waals surface area contributed by atoms with Gasteiger partial charge in [0.1, 0.15) is 23.8 Å². The number of hydrogen-bond acceptors (Lipinski definition) is 5. The quantitative estimate of drug-likeness (QED) is 0.399. The molecule has 1 aromatic heterocycles. The van der Waals surface area contributed by atoms with E-state index in [9.17, 15) is 4.79 Å². The monoisotopic (exact) mass is 433 g/mol. The van der Waals surface area contributed by atoms with E-state index in [1.807, 2.05) is 54.6 Å². The third-order valence-electron chi connectivity index (χ3n) is 5.49. The van der Waals surface area contributed by atoms with E-state index in [-0.39, 0.29) is 5.63 Å². The number of halogens is 1. The van der Waals surface area contributed by atoms with Crippen LogP contribution in [0.15, 0.2) is 75.9 Å². The largest absolute Gasteiger partial charge is 0.496 e. The van der Waals surface area contributed by atoms with Gasteiger partial charge in [-0.15, -0.1) is 0 Å². The first-order chi connectivity index (χ1) is 15.1. The highest BCUT2D eigenvalue weighted by molar-refractivity contribution is 6.30. The van der Waals surface area contributed by atoms with E-state index in [1.54, 1.807) is 19.2 Å². The van der Waals surface area contributed by atoms with Gasteiger partial charge in [0.05, 0.1) is 18.2 Å². The van der Waals surface area contributed by atoms with Crippen molar-refractivity contribution >= 4 is 22.6 Å². The standard InChI is InChI=1S/C25H20ClNO4/c1-29-22-5-3-2-4-18(22)13-27-14-21-23(30-15-27)11-8-17-12-20(25(28)31-24(17)21)16-6-9-19(26)10-7-16/h2-12H,13-15H2,1H3. The van der Waals surface area contributed by atoms with Crippen LogP contribution in [-0.4, -0.2) is 18.7 Å². The SMILES string of the molecule is COc1ccccc1CN1COc2ccc3cc(-c4ccc(Cl)cc4)c(=O)oc3c2C1. The van der Waals surface area contributed by atoms with Gasteiger partial charge in [-0.25, -0.2) is 4.79 Å². The Bertz CT molecular complexity index is 1310. The minimum Gasteiger partial charge on any atom is -0.496 e. The maximum absolute atomic E-state index is 12.8. The summed E-state index contributed by atoms with van der Waals surface area (Å²) in [5.41, 5.74) is 3.40. The van der Waals surface area contributed by atoms with Gasteiger partial charge >= 0.3 is 5.63 Å². The summed E-state index contributed by atoms with van der Waals surface area (Å²) in [5, 5.41) is 1.47. The molecule has 4 aromatic rings. The Kier molecular flexibility index (Phi) is 5.14. The summed E-state index contributed by atoms with van der Waals surface area (Å²) in [6.07, 6.45) is 0. The highest BCUT2D eigenvalue weighted by Gasteiger charge is 2.23. The predicted molar refractivity (Wildman–Crippen MR) is 121 cm³/mol. The Balaban J connectivity index is 1.51. The molecule has 0 saturated carbocycles. The van der Waals surface area contributed by atoms with Crippen LogP contribution in [0.25, 0.3) is 22.1 Å². The van der Waals surface area contributed by atoms with Gasteiger partial charge in [0, 0.05) is 29.1 Å². The van der Waals surface area contributed by atoms with Crippen molar-refractivity contribution in [2.45, 2.75) is 13.1 Å². The summed E-state index contributed by atoms with van der Waals surface area (Å²) in [4.78, 5) is 14.9. The maximum atomic E-state index is 12.8.